The van der Waals surface area contributed by atoms with Crippen LogP contribution < -0.4 is 0 Å². The van der Waals surface area contributed by atoms with Crippen LogP contribution in [0.1, 0.15) is 16.1 Å². The Balaban J connectivity index is 2.64. The Morgan fingerprint density at radius 1 is 1.57 bits per heavy atom. The zero-order valence-electron chi connectivity index (χ0n) is 8.00. The van der Waals surface area contributed by atoms with Crippen molar-refractivity contribution in [3.05, 3.63) is 29.6 Å². The van der Waals surface area contributed by atoms with Crippen LogP contribution in [0.2, 0.25) is 0 Å². The molecule has 0 aliphatic carbocycles. The van der Waals surface area contributed by atoms with Gasteiger partial charge in [0.15, 0.2) is 0 Å². The van der Waals surface area contributed by atoms with Crippen LogP contribution in [0.5, 0.6) is 0 Å². The van der Waals surface area contributed by atoms with Crippen LogP contribution in [0.25, 0.3) is 11.0 Å². The van der Waals surface area contributed by atoms with Gasteiger partial charge in [0.25, 0.3) is 0 Å². The highest BCUT2D eigenvalue weighted by Gasteiger charge is 2.11. The maximum Gasteiger partial charge on any atom is 0.339 e. The summed E-state index contributed by atoms with van der Waals surface area (Å²) in [6.45, 7) is 1.78. The molecule has 0 atom stereocenters. The van der Waals surface area contributed by atoms with Crippen molar-refractivity contribution < 1.29 is 9.53 Å². The molecule has 2 heterocycles. The van der Waals surface area contributed by atoms with Crippen LogP contribution in [0.15, 0.2) is 18.3 Å². The molecule has 2 aromatic rings. The average molecular weight is 190 g/mol. The molecule has 72 valence electrons. The standard InChI is InChI=1S/C10H10N2O2/c1-6-8(10(13)14-2)5-7-3-4-11-9(7)12-6/h3-5H,1-2H3,(H,11,12). The van der Waals surface area contributed by atoms with Crippen LogP contribution in [0, 0.1) is 6.92 Å². The molecule has 0 aliphatic rings. The predicted octanol–water partition coefficient (Wildman–Crippen LogP) is 1.66. The number of carbonyl (C=O) groups excluding carboxylic acids is 1. The van der Waals surface area contributed by atoms with Gasteiger partial charge < -0.3 is 9.72 Å². The number of nitrogens with one attached hydrogen (secondary N) is 1. The van der Waals surface area contributed by atoms with Crippen molar-refractivity contribution in [1.29, 1.82) is 0 Å². The molecule has 4 nitrogen and oxygen atoms in total. The van der Waals surface area contributed by atoms with Crippen molar-refractivity contribution in [2.75, 3.05) is 7.11 Å². The van der Waals surface area contributed by atoms with Gasteiger partial charge in [-0.15, -0.1) is 0 Å². The van der Waals surface area contributed by atoms with Crippen molar-refractivity contribution in [1.82, 2.24) is 9.97 Å². The average Bonchev–Trinajstić information content (AvgIpc) is 2.62. The first-order chi connectivity index (χ1) is 6.72. The number of aryl methyl sites for hydroxylation is 1. The lowest BCUT2D eigenvalue weighted by Crippen LogP contribution is -2.05. The van der Waals surface area contributed by atoms with Gasteiger partial charge in [0, 0.05) is 11.6 Å². The number of hydrogen-bond donors (Lipinski definition) is 1. The Morgan fingerprint density at radius 3 is 3.07 bits per heavy atom. The predicted molar refractivity (Wildman–Crippen MR) is 52.2 cm³/mol. The molecule has 0 bridgehead atoms. The molecule has 0 spiro atoms. The van der Waals surface area contributed by atoms with Gasteiger partial charge >= 0.3 is 5.97 Å². The Morgan fingerprint density at radius 2 is 2.36 bits per heavy atom. The molecular weight excluding hydrogens is 180 g/mol. The molecule has 0 radical (unpaired) electrons. The fourth-order valence-electron chi connectivity index (χ4n) is 1.39. The van der Waals surface area contributed by atoms with Gasteiger partial charge in [0.2, 0.25) is 0 Å². The molecule has 0 fully saturated rings. The van der Waals surface area contributed by atoms with Crippen LogP contribution in [-0.4, -0.2) is 23.0 Å². The molecule has 0 aliphatic heterocycles. The molecule has 1 N–H and O–H groups in total. The minimum Gasteiger partial charge on any atom is -0.465 e. The third-order valence-corrected chi connectivity index (χ3v) is 2.13. The summed E-state index contributed by atoms with van der Waals surface area (Å²) in [5, 5.41) is 0.913. The molecule has 0 saturated heterocycles. The number of aromatic amines is 1. The second-order valence-corrected chi connectivity index (χ2v) is 3.03. The number of hydrogen-bond acceptors (Lipinski definition) is 3. The first-order valence-corrected chi connectivity index (χ1v) is 4.25. The van der Waals surface area contributed by atoms with E-state index in [4.69, 9.17) is 0 Å². The second-order valence-electron chi connectivity index (χ2n) is 3.03. The normalized spacial score (nSPS) is 10.4. The lowest BCUT2D eigenvalue weighted by molar-refractivity contribution is 0.0599. The van der Waals surface area contributed by atoms with E-state index < -0.39 is 0 Å². The molecule has 2 rings (SSSR count). The highest BCUT2D eigenvalue weighted by Crippen LogP contribution is 2.15. The van der Waals surface area contributed by atoms with Crippen LogP contribution in [0.3, 0.4) is 0 Å². The second kappa shape index (κ2) is 3.14. The summed E-state index contributed by atoms with van der Waals surface area (Å²) in [5.74, 6) is -0.349. The SMILES string of the molecule is COC(=O)c1cc2cc[nH]c2nc1C. The molecule has 4 heteroatoms. The summed E-state index contributed by atoms with van der Waals surface area (Å²) in [6, 6.07) is 3.65. The molecular formula is C10H10N2O2. The van der Waals surface area contributed by atoms with Crippen molar-refractivity contribution in [2.45, 2.75) is 6.92 Å². The minimum absolute atomic E-state index is 0.349. The highest BCUT2D eigenvalue weighted by atomic mass is 16.5. The minimum atomic E-state index is -0.349. The third kappa shape index (κ3) is 1.25. The van der Waals surface area contributed by atoms with Crippen molar-refractivity contribution >= 4 is 17.0 Å². The van der Waals surface area contributed by atoms with E-state index in [0.29, 0.717) is 11.3 Å². The molecule has 14 heavy (non-hydrogen) atoms. The number of methoxy groups -OCH3 is 1. The van der Waals surface area contributed by atoms with Crippen molar-refractivity contribution in [3.8, 4) is 0 Å². The summed E-state index contributed by atoms with van der Waals surface area (Å²) in [4.78, 5) is 18.6. The summed E-state index contributed by atoms with van der Waals surface area (Å²) in [5.41, 5.74) is 1.97. The Labute approximate surface area is 80.9 Å². The highest BCUT2D eigenvalue weighted by molar-refractivity contribution is 5.94. The van der Waals surface area contributed by atoms with E-state index in [-0.39, 0.29) is 5.97 Å². The number of ether oxygens (including phenoxy) is 1. The quantitative estimate of drug-likeness (QED) is 0.696. The van der Waals surface area contributed by atoms with Crippen LogP contribution >= 0.6 is 0 Å². The van der Waals surface area contributed by atoms with Crippen molar-refractivity contribution in [2.24, 2.45) is 0 Å². The van der Waals surface area contributed by atoms with E-state index >= 15 is 0 Å². The lowest BCUT2D eigenvalue weighted by atomic mass is 10.2. The first-order valence-electron chi connectivity index (χ1n) is 4.25. The summed E-state index contributed by atoms with van der Waals surface area (Å²) < 4.78 is 4.65. The topological polar surface area (TPSA) is 55.0 Å². The van der Waals surface area contributed by atoms with E-state index in [1.54, 1.807) is 19.2 Å². The summed E-state index contributed by atoms with van der Waals surface area (Å²) in [7, 11) is 1.36. The number of carbonyl (C=O) groups is 1. The maximum absolute atomic E-state index is 11.3. The number of H-pyrrole nitrogens is 1. The number of aromatic nitrogens is 2. The van der Waals surface area contributed by atoms with Gasteiger partial charge in [-0.1, -0.05) is 0 Å². The van der Waals surface area contributed by atoms with E-state index in [0.717, 1.165) is 11.0 Å². The molecule has 0 unspecified atom stereocenters. The number of fused-ring (bicyclic) bond motifs is 1. The van der Waals surface area contributed by atoms with Gasteiger partial charge in [-0.05, 0) is 19.1 Å². The van der Waals surface area contributed by atoms with E-state index in [1.165, 1.54) is 7.11 Å². The Hall–Kier alpha value is -1.84. The number of rotatable bonds is 1. The van der Waals surface area contributed by atoms with Gasteiger partial charge in [0.05, 0.1) is 18.4 Å². The van der Waals surface area contributed by atoms with Gasteiger partial charge in [-0.25, -0.2) is 9.78 Å². The fourth-order valence-corrected chi connectivity index (χ4v) is 1.39. The molecule has 2 aromatic heterocycles. The van der Waals surface area contributed by atoms with E-state index in [9.17, 15) is 4.79 Å². The number of pyridine rings is 1. The number of nitrogens with zero attached hydrogens (tertiary/aromatic N) is 1. The number of esters is 1. The van der Waals surface area contributed by atoms with E-state index in [2.05, 4.69) is 14.7 Å². The maximum atomic E-state index is 11.3. The zero-order chi connectivity index (χ0) is 10.1. The molecule has 0 amide bonds. The Kier molecular flexibility index (Phi) is 1.96. The van der Waals surface area contributed by atoms with Gasteiger partial charge in [-0.3, -0.25) is 0 Å². The van der Waals surface area contributed by atoms with Gasteiger partial charge in [0.1, 0.15) is 5.65 Å². The fraction of sp³-hybridized carbons (Fsp3) is 0.200. The van der Waals surface area contributed by atoms with Crippen LogP contribution in [-0.2, 0) is 4.74 Å². The summed E-state index contributed by atoms with van der Waals surface area (Å²) >= 11 is 0. The molecule has 0 saturated carbocycles. The largest absolute Gasteiger partial charge is 0.465 e. The zero-order valence-corrected chi connectivity index (χ0v) is 8.00. The monoisotopic (exact) mass is 190 g/mol. The van der Waals surface area contributed by atoms with E-state index in [1.807, 2.05) is 6.07 Å². The first kappa shape index (κ1) is 8.74. The third-order valence-electron chi connectivity index (χ3n) is 2.13. The smallest absolute Gasteiger partial charge is 0.339 e. The van der Waals surface area contributed by atoms with Crippen LogP contribution in [0.4, 0.5) is 0 Å². The lowest BCUT2D eigenvalue weighted by Gasteiger charge is -2.02. The van der Waals surface area contributed by atoms with Gasteiger partial charge in [-0.2, -0.15) is 0 Å². The van der Waals surface area contributed by atoms with Crippen molar-refractivity contribution in [3.63, 3.8) is 0 Å². The summed E-state index contributed by atoms with van der Waals surface area (Å²) in [6.07, 6.45) is 1.79. The molecule has 0 aromatic carbocycles. The Bertz CT molecular complexity index is 488.